The maximum absolute atomic E-state index is 10.4. The van der Waals surface area contributed by atoms with Crippen molar-refractivity contribution >= 4 is 5.97 Å². The fraction of sp³-hybridized carbons (Fsp3) is 0.700. The van der Waals surface area contributed by atoms with E-state index < -0.39 is 5.97 Å². The summed E-state index contributed by atoms with van der Waals surface area (Å²) in [5.74, 6) is 1.39. The Labute approximate surface area is 88.1 Å². The van der Waals surface area contributed by atoms with Crippen LogP contribution in [0.5, 0.6) is 0 Å². The van der Waals surface area contributed by atoms with E-state index >= 15 is 0 Å². The maximum atomic E-state index is 10.4. The van der Waals surface area contributed by atoms with Gasteiger partial charge in [0.15, 0.2) is 5.82 Å². The number of carboxylic acid groups (broad SMARTS) is 1. The molecule has 2 rings (SSSR count). The fourth-order valence-corrected chi connectivity index (χ4v) is 1.71. The van der Waals surface area contributed by atoms with Gasteiger partial charge >= 0.3 is 5.97 Å². The Kier molecular flexibility index (Phi) is 2.70. The molecule has 1 aromatic rings. The molecule has 1 saturated carbocycles. The van der Waals surface area contributed by atoms with Crippen LogP contribution in [-0.2, 0) is 18.3 Å². The van der Waals surface area contributed by atoms with Gasteiger partial charge in [0, 0.05) is 19.4 Å². The van der Waals surface area contributed by atoms with Crippen LogP contribution in [0.2, 0.25) is 0 Å². The van der Waals surface area contributed by atoms with Gasteiger partial charge in [-0.2, -0.15) is 5.10 Å². The third-order valence-corrected chi connectivity index (χ3v) is 2.90. The zero-order valence-electron chi connectivity index (χ0n) is 8.81. The van der Waals surface area contributed by atoms with Crippen LogP contribution >= 0.6 is 0 Å². The van der Waals surface area contributed by atoms with Gasteiger partial charge in [0.1, 0.15) is 5.82 Å². The van der Waals surface area contributed by atoms with Gasteiger partial charge in [-0.3, -0.25) is 9.48 Å². The quantitative estimate of drug-likeness (QED) is 0.806. The first-order valence-corrected chi connectivity index (χ1v) is 5.28. The normalized spacial score (nSPS) is 16.3. The summed E-state index contributed by atoms with van der Waals surface area (Å²) in [6, 6.07) is 0. The minimum Gasteiger partial charge on any atom is -0.481 e. The van der Waals surface area contributed by atoms with E-state index in [1.165, 1.54) is 19.3 Å². The van der Waals surface area contributed by atoms with Crippen molar-refractivity contribution < 1.29 is 9.90 Å². The fourth-order valence-electron chi connectivity index (χ4n) is 1.71. The first-order valence-electron chi connectivity index (χ1n) is 5.28. The molecule has 0 aromatic carbocycles. The molecule has 0 saturated heterocycles. The molecule has 0 atom stereocenters. The molecule has 15 heavy (non-hydrogen) atoms. The highest BCUT2D eigenvalue weighted by Gasteiger charge is 2.24. The monoisotopic (exact) mass is 209 g/mol. The second-order valence-electron chi connectivity index (χ2n) is 4.03. The average molecular weight is 209 g/mol. The van der Waals surface area contributed by atoms with Gasteiger partial charge in [0.2, 0.25) is 0 Å². The van der Waals surface area contributed by atoms with Gasteiger partial charge < -0.3 is 5.11 Å². The summed E-state index contributed by atoms with van der Waals surface area (Å²) in [4.78, 5) is 14.8. The van der Waals surface area contributed by atoms with Crippen molar-refractivity contribution in [2.45, 2.75) is 38.0 Å². The average Bonchev–Trinajstić information content (AvgIpc) is 2.40. The van der Waals surface area contributed by atoms with Crippen LogP contribution in [0.15, 0.2) is 0 Å². The Balaban J connectivity index is 2.03. The lowest BCUT2D eigenvalue weighted by atomic mass is 9.85. The van der Waals surface area contributed by atoms with Crippen LogP contribution < -0.4 is 0 Å². The predicted molar refractivity (Wildman–Crippen MR) is 53.6 cm³/mol. The minimum atomic E-state index is -0.789. The number of rotatable bonds is 4. The first kappa shape index (κ1) is 10.1. The van der Waals surface area contributed by atoms with E-state index in [2.05, 4.69) is 10.1 Å². The van der Waals surface area contributed by atoms with Crippen molar-refractivity contribution in [1.29, 1.82) is 0 Å². The molecule has 1 heterocycles. The standard InChI is InChI=1S/C10H15N3O2/c1-13-8(5-6-9(14)15)11-10(12-13)7-3-2-4-7/h7H,2-6H2,1H3,(H,14,15). The Morgan fingerprint density at radius 3 is 2.87 bits per heavy atom. The molecule has 5 nitrogen and oxygen atoms in total. The molecular formula is C10H15N3O2. The topological polar surface area (TPSA) is 68.0 Å². The van der Waals surface area contributed by atoms with Crippen molar-refractivity contribution in [2.75, 3.05) is 0 Å². The third kappa shape index (κ3) is 2.16. The van der Waals surface area contributed by atoms with Gasteiger partial charge in [0.25, 0.3) is 0 Å². The number of aliphatic carboxylic acids is 1. The SMILES string of the molecule is Cn1nc(C2CCC2)nc1CCC(=O)O. The molecule has 1 aliphatic carbocycles. The van der Waals surface area contributed by atoms with Gasteiger partial charge in [-0.05, 0) is 12.8 Å². The number of nitrogens with zero attached hydrogens (tertiary/aromatic N) is 3. The first-order chi connectivity index (χ1) is 7.16. The molecule has 82 valence electrons. The summed E-state index contributed by atoms with van der Waals surface area (Å²) >= 11 is 0. The molecule has 0 unspecified atom stereocenters. The van der Waals surface area contributed by atoms with E-state index in [1.807, 2.05) is 7.05 Å². The van der Waals surface area contributed by atoms with E-state index in [4.69, 9.17) is 5.11 Å². The summed E-state index contributed by atoms with van der Waals surface area (Å²) in [5.41, 5.74) is 0. The molecule has 1 fully saturated rings. The molecule has 0 radical (unpaired) electrons. The van der Waals surface area contributed by atoms with Crippen LogP contribution in [-0.4, -0.2) is 25.8 Å². The van der Waals surface area contributed by atoms with Gasteiger partial charge in [-0.25, -0.2) is 4.98 Å². The highest BCUT2D eigenvalue weighted by molar-refractivity contribution is 5.66. The van der Waals surface area contributed by atoms with Crippen LogP contribution in [0.4, 0.5) is 0 Å². The van der Waals surface area contributed by atoms with Crippen LogP contribution in [0.25, 0.3) is 0 Å². The van der Waals surface area contributed by atoms with Crippen LogP contribution in [0, 0.1) is 0 Å². The van der Waals surface area contributed by atoms with Crippen molar-refractivity contribution in [3.05, 3.63) is 11.6 Å². The summed E-state index contributed by atoms with van der Waals surface area (Å²) in [5, 5.41) is 12.9. The van der Waals surface area contributed by atoms with Crippen molar-refractivity contribution in [3.63, 3.8) is 0 Å². The molecule has 5 heteroatoms. The Morgan fingerprint density at radius 2 is 2.33 bits per heavy atom. The highest BCUT2D eigenvalue weighted by atomic mass is 16.4. The minimum absolute atomic E-state index is 0.122. The summed E-state index contributed by atoms with van der Waals surface area (Å²) < 4.78 is 1.70. The lowest BCUT2D eigenvalue weighted by Crippen LogP contribution is -2.10. The lowest BCUT2D eigenvalue weighted by molar-refractivity contribution is -0.137. The van der Waals surface area contributed by atoms with Crippen LogP contribution in [0.3, 0.4) is 0 Å². The zero-order chi connectivity index (χ0) is 10.8. The number of aryl methyl sites for hydroxylation is 2. The number of hydrogen-bond acceptors (Lipinski definition) is 3. The Morgan fingerprint density at radius 1 is 1.60 bits per heavy atom. The maximum Gasteiger partial charge on any atom is 0.303 e. The Bertz CT molecular complexity index is 369. The molecule has 0 spiro atoms. The summed E-state index contributed by atoms with van der Waals surface area (Å²) in [6.45, 7) is 0. The number of carboxylic acids is 1. The van der Waals surface area contributed by atoms with Crippen LogP contribution in [0.1, 0.15) is 43.3 Å². The van der Waals surface area contributed by atoms with E-state index in [9.17, 15) is 4.79 Å². The van der Waals surface area contributed by atoms with Crippen molar-refractivity contribution in [1.82, 2.24) is 14.8 Å². The lowest BCUT2D eigenvalue weighted by Gasteiger charge is -2.21. The molecular weight excluding hydrogens is 194 g/mol. The summed E-state index contributed by atoms with van der Waals surface area (Å²) in [6.07, 6.45) is 4.18. The molecule has 1 aliphatic rings. The molecule has 0 bridgehead atoms. The molecule has 0 amide bonds. The second kappa shape index (κ2) is 4.00. The zero-order valence-corrected chi connectivity index (χ0v) is 8.81. The van der Waals surface area contributed by atoms with E-state index in [-0.39, 0.29) is 6.42 Å². The second-order valence-corrected chi connectivity index (χ2v) is 4.03. The van der Waals surface area contributed by atoms with E-state index in [1.54, 1.807) is 4.68 Å². The van der Waals surface area contributed by atoms with Crippen molar-refractivity contribution in [2.24, 2.45) is 7.05 Å². The largest absolute Gasteiger partial charge is 0.481 e. The molecule has 0 aliphatic heterocycles. The smallest absolute Gasteiger partial charge is 0.303 e. The van der Waals surface area contributed by atoms with Crippen molar-refractivity contribution in [3.8, 4) is 0 Å². The van der Waals surface area contributed by atoms with Gasteiger partial charge in [-0.1, -0.05) is 6.42 Å². The number of carbonyl (C=O) groups is 1. The van der Waals surface area contributed by atoms with E-state index in [0.29, 0.717) is 12.3 Å². The van der Waals surface area contributed by atoms with E-state index in [0.717, 1.165) is 11.6 Å². The molecule has 1 aromatic heterocycles. The molecule has 1 N–H and O–H groups in total. The summed E-state index contributed by atoms with van der Waals surface area (Å²) in [7, 11) is 1.83. The highest BCUT2D eigenvalue weighted by Crippen LogP contribution is 2.34. The number of hydrogen-bond donors (Lipinski definition) is 1. The van der Waals surface area contributed by atoms with Gasteiger partial charge in [-0.15, -0.1) is 0 Å². The Hall–Kier alpha value is -1.39. The number of aromatic nitrogens is 3. The third-order valence-electron chi connectivity index (χ3n) is 2.90. The van der Waals surface area contributed by atoms with Gasteiger partial charge in [0.05, 0.1) is 6.42 Å². The predicted octanol–water partition coefficient (Wildman–Crippen LogP) is 1.10.